The first-order valence-corrected chi connectivity index (χ1v) is 10.9. The van der Waals surface area contributed by atoms with Gasteiger partial charge in [0.15, 0.2) is 0 Å². The van der Waals surface area contributed by atoms with Crippen LogP contribution >= 0.6 is 0 Å². The molecule has 1 aliphatic rings. The molecule has 0 radical (unpaired) electrons. The Labute approximate surface area is 150 Å². The van der Waals surface area contributed by atoms with Crippen LogP contribution in [0.5, 0.6) is 0 Å². The number of hydrogen-bond acceptors (Lipinski definition) is 6. The first kappa shape index (κ1) is 20.9. The van der Waals surface area contributed by atoms with E-state index in [-0.39, 0.29) is 18.3 Å². The third kappa shape index (κ3) is 4.13. The highest BCUT2D eigenvalue weighted by molar-refractivity contribution is 7.92. The lowest BCUT2D eigenvalue weighted by atomic mass is 10.0. The average molecular weight is 415 g/mol. The maximum Gasteiger partial charge on any atom is 0.501 e. The van der Waals surface area contributed by atoms with Crippen molar-refractivity contribution < 1.29 is 30.0 Å². The van der Waals surface area contributed by atoms with Crippen LogP contribution in [0, 0.1) is 0 Å². The Balaban J connectivity index is 2.68. The molecule has 1 heterocycles. The quantitative estimate of drug-likeness (QED) is 0.748. The van der Waals surface area contributed by atoms with Crippen molar-refractivity contribution in [2.45, 2.75) is 41.1 Å². The zero-order chi connectivity index (χ0) is 19.8. The number of alkyl halides is 3. The van der Waals surface area contributed by atoms with Crippen molar-refractivity contribution in [2.24, 2.45) is 5.14 Å². The molecule has 0 atom stereocenters. The van der Waals surface area contributed by atoms with E-state index in [1.54, 1.807) is 11.8 Å². The van der Waals surface area contributed by atoms with Crippen LogP contribution in [0.1, 0.15) is 19.8 Å². The predicted molar refractivity (Wildman–Crippen MR) is 90.0 cm³/mol. The van der Waals surface area contributed by atoms with Crippen LogP contribution in [-0.4, -0.2) is 48.0 Å². The summed E-state index contributed by atoms with van der Waals surface area (Å²) in [4.78, 5) is -0.228. The molecule has 0 saturated carbocycles. The summed E-state index contributed by atoms with van der Waals surface area (Å²) in [7, 11) is -10.1. The molecule has 2 rings (SSSR count). The number of primary sulfonamides is 1. The van der Waals surface area contributed by atoms with Gasteiger partial charge in [-0.3, -0.25) is 0 Å². The molecule has 1 aliphatic heterocycles. The summed E-state index contributed by atoms with van der Waals surface area (Å²) in [6, 6.07) is 2.41. The first-order valence-electron chi connectivity index (χ1n) is 7.85. The Morgan fingerprint density at radius 3 is 2.23 bits per heavy atom. The standard InChI is InChI=1S/C14H20F3N3O4S2/c1-2-20(10-5-7-19-8-6-10)12-4-3-11(26(18,23)24)9-13(12)25(21,22)14(15,16)17/h3-4,9-10,19H,2,5-8H2,1H3,(H2,18,23,24). The minimum absolute atomic E-state index is 0.163. The van der Waals surface area contributed by atoms with Gasteiger partial charge >= 0.3 is 5.51 Å². The molecule has 3 N–H and O–H groups in total. The predicted octanol–water partition coefficient (Wildman–Crippen LogP) is 1.21. The van der Waals surface area contributed by atoms with Gasteiger partial charge in [-0.05, 0) is 51.1 Å². The topological polar surface area (TPSA) is 110 Å². The molecule has 0 unspecified atom stereocenters. The Morgan fingerprint density at radius 2 is 1.77 bits per heavy atom. The van der Waals surface area contributed by atoms with Crippen LogP contribution in [0.25, 0.3) is 0 Å². The molecule has 1 fully saturated rings. The van der Waals surface area contributed by atoms with Gasteiger partial charge in [-0.15, -0.1) is 0 Å². The van der Waals surface area contributed by atoms with Crippen LogP contribution in [0.2, 0.25) is 0 Å². The number of sulfone groups is 1. The Kier molecular flexibility index (Phi) is 5.90. The molecule has 0 bridgehead atoms. The minimum Gasteiger partial charge on any atom is -0.368 e. The molecule has 0 aromatic heterocycles. The van der Waals surface area contributed by atoms with E-state index in [0.29, 0.717) is 32.0 Å². The normalized spacial score (nSPS) is 17.3. The van der Waals surface area contributed by atoms with Gasteiger partial charge in [0.05, 0.1) is 10.6 Å². The maximum absolute atomic E-state index is 13.1. The number of nitrogens with one attached hydrogen (secondary N) is 1. The second-order valence-corrected chi connectivity index (χ2v) is 9.36. The number of anilines is 1. The molecule has 1 saturated heterocycles. The molecule has 1 aromatic carbocycles. The highest BCUT2D eigenvalue weighted by Crippen LogP contribution is 2.38. The van der Waals surface area contributed by atoms with Crippen molar-refractivity contribution in [2.75, 3.05) is 24.5 Å². The Morgan fingerprint density at radius 1 is 1.19 bits per heavy atom. The van der Waals surface area contributed by atoms with Crippen LogP contribution < -0.4 is 15.4 Å². The summed E-state index contributed by atoms with van der Waals surface area (Å²) in [5.74, 6) is 0. The fourth-order valence-corrected chi connectivity index (χ4v) is 4.60. The van der Waals surface area contributed by atoms with Gasteiger partial charge in [-0.25, -0.2) is 22.0 Å². The van der Waals surface area contributed by atoms with Gasteiger partial charge < -0.3 is 10.2 Å². The molecule has 7 nitrogen and oxygen atoms in total. The molecule has 12 heteroatoms. The lowest BCUT2D eigenvalue weighted by molar-refractivity contribution is -0.0436. The average Bonchev–Trinajstić information content (AvgIpc) is 2.54. The van der Waals surface area contributed by atoms with Crippen molar-refractivity contribution in [3.05, 3.63) is 18.2 Å². The van der Waals surface area contributed by atoms with Crippen molar-refractivity contribution in [1.29, 1.82) is 0 Å². The molecule has 0 spiro atoms. The van der Waals surface area contributed by atoms with Gasteiger partial charge in [0.25, 0.3) is 9.84 Å². The number of benzene rings is 1. The van der Waals surface area contributed by atoms with E-state index in [2.05, 4.69) is 5.32 Å². The molecular weight excluding hydrogens is 395 g/mol. The molecule has 0 amide bonds. The highest BCUT2D eigenvalue weighted by Gasteiger charge is 2.49. The van der Waals surface area contributed by atoms with E-state index in [4.69, 9.17) is 5.14 Å². The number of rotatable bonds is 5. The van der Waals surface area contributed by atoms with E-state index in [1.807, 2.05) is 0 Å². The number of hydrogen-bond donors (Lipinski definition) is 2. The Bertz CT molecular complexity index is 864. The van der Waals surface area contributed by atoms with E-state index in [9.17, 15) is 30.0 Å². The number of halogens is 3. The number of sulfonamides is 1. The van der Waals surface area contributed by atoms with Gasteiger partial charge in [-0.1, -0.05) is 0 Å². The van der Waals surface area contributed by atoms with Crippen LogP contribution in [0.4, 0.5) is 18.9 Å². The van der Waals surface area contributed by atoms with Crippen molar-refractivity contribution in [3.63, 3.8) is 0 Å². The number of nitrogens with zero attached hydrogens (tertiary/aromatic N) is 1. The fraction of sp³-hybridized carbons (Fsp3) is 0.571. The van der Waals surface area contributed by atoms with Gasteiger partial charge in [0, 0.05) is 12.6 Å². The zero-order valence-electron chi connectivity index (χ0n) is 14.0. The van der Waals surface area contributed by atoms with Crippen LogP contribution in [-0.2, 0) is 19.9 Å². The SMILES string of the molecule is CCN(c1ccc(S(N)(=O)=O)cc1S(=O)(=O)C(F)(F)F)C1CCNCC1. The summed E-state index contributed by atoms with van der Waals surface area (Å²) >= 11 is 0. The molecule has 0 aliphatic carbocycles. The lowest BCUT2D eigenvalue weighted by Gasteiger charge is -2.36. The second-order valence-electron chi connectivity index (χ2n) is 5.89. The third-order valence-electron chi connectivity index (χ3n) is 4.25. The fourth-order valence-electron chi connectivity index (χ4n) is 2.99. The summed E-state index contributed by atoms with van der Waals surface area (Å²) in [6.45, 7) is 3.26. The summed E-state index contributed by atoms with van der Waals surface area (Å²) < 4.78 is 86.5. The van der Waals surface area contributed by atoms with E-state index >= 15 is 0 Å². The first-order chi connectivity index (χ1) is 11.9. The van der Waals surface area contributed by atoms with Crippen LogP contribution in [0.15, 0.2) is 28.0 Å². The summed E-state index contributed by atoms with van der Waals surface area (Å²) in [5, 5.41) is 8.08. The molecule has 148 valence electrons. The summed E-state index contributed by atoms with van der Waals surface area (Å²) in [6.07, 6.45) is 1.24. The van der Waals surface area contributed by atoms with Crippen molar-refractivity contribution in [1.82, 2.24) is 5.32 Å². The van der Waals surface area contributed by atoms with Gasteiger partial charge in [0.2, 0.25) is 10.0 Å². The van der Waals surface area contributed by atoms with Gasteiger partial charge in [0.1, 0.15) is 4.90 Å². The molecule has 26 heavy (non-hydrogen) atoms. The molecular formula is C14H20F3N3O4S2. The monoisotopic (exact) mass is 415 g/mol. The van der Waals surface area contributed by atoms with E-state index < -0.39 is 35.2 Å². The highest BCUT2D eigenvalue weighted by atomic mass is 32.2. The maximum atomic E-state index is 13.1. The summed E-state index contributed by atoms with van der Waals surface area (Å²) in [5.41, 5.74) is -5.74. The second kappa shape index (κ2) is 7.33. The van der Waals surface area contributed by atoms with Gasteiger partial charge in [-0.2, -0.15) is 13.2 Å². The van der Waals surface area contributed by atoms with E-state index in [0.717, 1.165) is 12.1 Å². The van der Waals surface area contributed by atoms with Crippen molar-refractivity contribution in [3.8, 4) is 0 Å². The third-order valence-corrected chi connectivity index (χ3v) is 6.68. The Hall–Kier alpha value is -1.37. The molecule has 1 aromatic rings. The lowest BCUT2D eigenvalue weighted by Crippen LogP contribution is -2.44. The van der Waals surface area contributed by atoms with Crippen LogP contribution in [0.3, 0.4) is 0 Å². The smallest absolute Gasteiger partial charge is 0.368 e. The van der Waals surface area contributed by atoms with Crippen molar-refractivity contribution >= 4 is 25.5 Å². The largest absolute Gasteiger partial charge is 0.501 e. The minimum atomic E-state index is -5.76. The zero-order valence-corrected chi connectivity index (χ0v) is 15.6. The number of piperidine rings is 1. The van der Waals surface area contributed by atoms with E-state index in [1.165, 1.54) is 0 Å². The number of nitrogens with two attached hydrogens (primary N) is 1.